The van der Waals surface area contributed by atoms with E-state index in [1.165, 1.54) is 4.68 Å². The lowest BCUT2D eigenvalue weighted by Gasteiger charge is -2.15. The predicted molar refractivity (Wildman–Crippen MR) is 83.0 cm³/mol. The van der Waals surface area contributed by atoms with Gasteiger partial charge < -0.3 is 0 Å². The number of hydrogen-bond acceptors (Lipinski definition) is 4. The SMILES string of the molecule is CCn1nc(C)c(C(=O)NS(=O)(=O)[C@@H](C)CC(C)C)c1Cl. The molecule has 1 aromatic heterocycles. The summed E-state index contributed by atoms with van der Waals surface area (Å²) >= 11 is 6.06. The lowest BCUT2D eigenvalue weighted by molar-refractivity contribution is 0.0980. The Morgan fingerprint density at radius 2 is 1.95 bits per heavy atom. The van der Waals surface area contributed by atoms with Crippen LogP contribution in [0, 0.1) is 12.8 Å². The Kier molecular flexibility index (Phi) is 5.81. The Morgan fingerprint density at radius 3 is 2.38 bits per heavy atom. The van der Waals surface area contributed by atoms with Gasteiger partial charge in [0.25, 0.3) is 5.91 Å². The maximum Gasteiger partial charge on any atom is 0.269 e. The summed E-state index contributed by atoms with van der Waals surface area (Å²) in [6.45, 7) is 9.40. The summed E-state index contributed by atoms with van der Waals surface area (Å²) in [5.41, 5.74) is 0.518. The zero-order chi connectivity index (χ0) is 16.4. The third-order valence-corrected chi connectivity index (χ3v) is 5.27. The van der Waals surface area contributed by atoms with Crippen LogP contribution in [0.2, 0.25) is 5.15 Å². The fraction of sp³-hybridized carbons (Fsp3) is 0.692. The second kappa shape index (κ2) is 6.79. The highest BCUT2D eigenvalue weighted by molar-refractivity contribution is 7.90. The summed E-state index contributed by atoms with van der Waals surface area (Å²) in [6, 6.07) is 0. The molecular weight excluding hydrogens is 314 g/mol. The summed E-state index contributed by atoms with van der Waals surface area (Å²) in [5.74, 6) is -0.507. The van der Waals surface area contributed by atoms with Gasteiger partial charge in [-0.05, 0) is 33.1 Å². The van der Waals surface area contributed by atoms with Crippen molar-refractivity contribution >= 4 is 27.5 Å². The molecule has 1 heterocycles. The molecule has 1 amide bonds. The van der Waals surface area contributed by atoms with Gasteiger partial charge in [0.05, 0.1) is 10.9 Å². The van der Waals surface area contributed by atoms with Crippen LogP contribution in [-0.2, 0) is 16.6 Å². The van der Waals surface area contributed by atoms with Gasteiger partial charge in [0.2, 0.25) is 10.0 Å². The molecule has 0 aliphatic carbocycles. The Morgan fingerprint density at radius 1 is 1.38 bits per heavy atom. The molecule has 1 aromatic rings. The van der Waals surface area contributed by atoms with E-state index in [1.54, 1.807) is 13.8 Å². The van der Waals surface area contributed by atoms with Gasteiger partial charge >= 0.3 is 0 Å². The molecule has 1 N–H and O–H groups in total. The molecule has 8 heteroatoms. The highest BCUT2D eigenvalue weighted by Crippen LogP contribution is 2.20. The van der Waals surface area contributed by atoms with Crippen LogP contribution in [0.3, 0.4) is 0 Å². The van der Waals surface area contributed by atoms with Crippen LogP contribution in [0.5, 0.6) is 0 Å². The van der Waals surface area contributed by atoms with Gasteiger partial charge in [-0.1, -0.05) is 25.4 Å². The molecule has 6 nitrogen and oxygen atoms in total. The minimum absolute atomic E-state index is 0.110. The van der Waals surface area contributed by atoms with E-state index < -0.39 is 21.2 Å². The van der Waals surface area contributed by atoms with Crippen molar-refractivity contribution in [2.75, 3.05) is 0 Å². The van der Waals surface area contributed by atoms with Gasteiger partial charge in [0, 0.05) is 6.54 Å². The first kappa shape index (κ1) is 18.0. The van der Waals surface area contributed by atoms with Crippen molar-refractivity contribution in [3.05, 3.63) is 16.4 Å². The molecule has 0 aliphatic heterocycles. The third kappa shape index (κ3) is 4.20. The van der Waals surface area contributed by atoms with Crippen LogP contribution in [-0.4, -0.2) is 29.4 Å². The molecule has 120 valence electrons. The zero-order valence-electron chi connectivity index (χ0n) is 13.0. The number of hydrogen-bond donors (Lipinski definition) is 1. The third-order valence-electron chi connectivity index (χ3n) is 3.16. The average molecular weight is 336 g/mol. The summed E-state index contributed by atoms with van der Waals surface area (Å²) < 4.78 is 27.8. The molecule has 0 fully saturated rings. The van der Waals surface area contributed by atoms with E-state index in [0.29, 0.717) is 18.7 Å². The van der Waals surface area contributed by atoms with Gasteiger partial charge in [0.1, 0.15) is 10.7 Å². The van der Waals surface area contributed by atoms with Crippen LogP contribution < -0.4 is 4.72 Å². The van der Waals surface area contributed by atoms with Crippen molar-refractivity contribution < 1.29 is 13.2 Å². The van der Waals surface area contributed by atoms with Gasteiger partial charge in [-0.15, -0.1) is 0 Å². The first-order chi connectivity index (χ1) is 9.60. The van der Waals surface area contributed by atoms with E-state index in [1.807, 2.05) is 20.8 Å². The van der Waals surface area contributed by atoms with Gasteiger partial charge in [-0.3, -0.25) is 9.48 Å². The molecule has 0 bridgehead atoms. The number of amides is 1. The molecule has 21 heavy (non-hydrogen) atoms. The number of halogens is 1. The van der Waals surface area contributed by atoms with E-state index in [4.69, 9.17) is 11.6 Å². The van der Waals surface area contributed by atoms with Crippen LogP contribution in [0.4, 0.5) is 0 Å². The normalized spacial score (nSPS) is 13.5. The molecule has 0 radical (unpaired) electrons. The minimum atomic E-state index is -3.73. The van der Waals surface area contributed by atoms with Crippen molar-refractivity contribution in [1.29, 1.82) is 0 Å². The van der Waals surface area contributed by atoms with Crippen LogP contribution >= 0.6 is 11.6 Å². The zero-order valence-corrected chi connectivity index (χ0v) is 14.5. The van der Waals surface area contributed by atoms with Gasteiger partial charge in [0.15, 0.2) is 0 Å². The predicted octanol–water partition coefficient (Wildman–Crippen LogP) is 2.36. The fourth-order valence-electron chi connectivity index (χ4n) is 2.09. The van der Waals surface area contributed by atoms with Crippen molar-refractivity contribution in [1.82, 2.24) is 14.5 Å². The van der Waals surface area contributed by atoms with Crippen molar-refractivity contribution in [2.45, 2.75) is 52.8 Å². The molecule has 0 saturated heterocycles. The van der Waals surface area contributed by atoms with E-state index >= 15 is 0 Å². The number of carbonyl (C=O) groups excluding carboxylic acids is 1. The Hall–Kier alpha value is -1.08. The topological polar surface area (TPSA) is 81.1 Å². The number of sulfonamides is 1. The summed E-state index contributed by atoms with van der Waals surface area (Å²) in [6.07, 6.45) is 0.476. The number of rotatable bonds is 6. The van der Waals surface area contributed by atoms with Crippen molar-refractivity contribution in [2.24, 2.45) is 5.92 Å². The molecule has 1 atom stereocenters. The lowest BCUT2D eigenvalue weighted by atomic mass is 10.1. The Bertz CT molecular complexity index is 623. The number of nitrogens with zero attached hydrogens (tertiary/aromatic N) is 2. The maximum atomic E-state index is 12.2. The second-order valence-electron chi connectivity index (χ2n) is 5.48. The maximum absolute atomic E-state index is 12.2. The molecule has 0 spiro atoms. The highest BCUT2D eigenvalue weighted by Gasteiger charge is 2.27. The molecule has 0 saturated carbocycles. The summed E-state index contributed by atoms with van der Waals surface area (Å²) in [5, 5.41) is 3.60. The first-order valence-corrected chi connectivity index (χ1v) is 8.81. The standard InChI is InChI=1S/C13H22ClN3O3S/c1-6-17-12(14)11(10(5)15-17)13(18)16-21(19,20)9(4)7-8(2)3/h8-9H,6-7H2,1-5H3,(H,16,18)/t9-/m0/s1. The molecule has 0 aliphatic rings. The number of carbonyl (C=O) groups is 1. The van der Waals surface area contributed by atoms with E-state index in [9.17, 15) is 13.2 Å². The number of aryl methyl sites for hydroxylation is 2. The summed E-state index contributed by atoms with van der Waals surface area (Å²) in [7, 11) is -3.73. The van der Waals surface area contributed by atoms with Gasteiger partial charge in [-0.2, -0.15) is 5.10 Å². The Labute approximate surface area is 130 Å². The number of nitrogens with one attached hydrogen (secondary N) is 1. The van der Waals surface area contributed by atoms with Crippen molar-refractivity contribution in [3.8, 4) is 0 Å². The largest absolute Gasteiger partial charge is 0.269 e. The summed E-state index contributed by atoms with van der Waals surface area (Å²) in [4.78, 5) is 12.2. The van der Waals surface area contributed by atoms with Crippen LogP contribution in [0.15, 0.2) is 0 Å². The smallest absolute Gasteiger partial charge is 0.268 e. The number of aromatic nitrogens is 2. The molecular formula is C13H22ClN3O3S. The minimum Gasteiger partial charge on any atom is -0.268 e. The van der Waals surface area contributed by atoms with E-state index in [2.05, 4.69) is 9.82 Å². The van der Waals surface area contributed by atoms with Gasteiger partial charge in [-0.25, -0.2) is 13.1 Å². The van der Waals surface area contributed by atoms with E-state index in [0.717, 1.165) is 0 Å². The first-order valence-electron chi connectivity index (χ1n) is 6.89. The molecule has 0 aromatic carbocycles. The van der Waals surface area contributed by atoms with Crippen LogP contribution in [0.25, 0.3) is 0 Å². The highest BCUT2D eigenvalue weighted by atomic mass is 35.5. The molecule has 1 rings (SSSR count). The lowest BCUT2D eigenvalue weighted by Crippen LogP contribution is -2.37. The van der Waals surface area contributed by atoms with Crippen molar-refractivity contribution in [3.63, 3.8) is 0 Å². The second-order valence-corrected chi connectivity index (χ2v) is 7.94. The van der Waals surface area contributed by atoms with Crippen LogP contribution in [0.1, 0.15) is 50.2 Å². The quantitative estimate of drug-likeness (QED) is 0.865. The average Bonchev–Trinajstić information content (AvgIpc) is 2.62. The Balaban J connectivity index is 2.99. The van der Waals surface area contributed by atoms with E-state index in [-0.39, 0.29) is 16.6 Å². The molecule has 0 unspecified atom stereocenters. The fourth-order valence-corrected chi connectivity index (χ4v) is 3.67. The monoisotopic (exact) mass is 335 g/mol.